The number of anilines is 1. The van der Waals surface area contributed by atoms with E-state index in [-0.39, 0.29) is 18.3 Å². The molecule has 0 unspecified atom stereocenters. The van der Waals surface area contributed by atoms with Crippen molar-refractivity contribution in [3.63, 3.8) is 0 Å². The average Bonchev–Trinajstić information content (AvgIpc) is 2.30. The van der Waals surface area contributed by atoms with E-state index >= 15 is 0 Å². The molecule has 2 heterocycles. The van der Waals surface area contributed by atoms with Crippen LogP contribution < -0.4 is 10.2 Å². The molecule has 0 aliphatic carbocycles. The summed E-state index contributed by atoms with van der Waals surface area (Å²) in [6, 6.07) is 1.71. The molecule has 0 radical (unpaired) electrons. The third kappa shape index (κ3) is 4.57. The van der Waals surface area contributed by atoms with Crippen molar-refractivity contribution in [2.75, 3.05) is 18.0 Å². The van der Waals surface area contributed by atoms with Crippen LogP contribution >= 0.6 is 0 Å². The molecule has 0 atom stereocenters. The molecule has 8 heteroatoms. The number of aromatic nitrogens is 2. The maximum absolute atomic E-state index is 11.6. The van der Waals surface area contributed by atoms with E-state index in [2.05, 4.69) is 15.3 Å². The molecule has 1 aromatic heterocycles. The zero-order valence-corrected chi connectivity index (χ0v) is 12.9. The second kappa shape index (κ2) is 6.17. The van der Waals surface area contributed by atoms with Gasteiger partial charge in [-0.1, -0.05) is 0 Å². The molecule has 0 aromatic carbocycles. The summed E-state index contributed by atoms with van der Waals surface area (Å²) in [5, 5.41) is 11.5. The van der Waals surface area contributed by atoms with E-state index in [1.807, 2.05) is 25.7 Å². The van der Waals surface area contributed by atoms with Gasteiger partial charge in [-0.05, 0) is 26.8 Å². The molecule has 1 saturated heterocycles. The lowest BCUT2D eigenvalue weighted by Gasteiger charge is -2.40. The Balaban J connectivity index is 1.84. The van der Waals surface area contributed by atoms with Crippen LogP contribution in [0, 0.1) is 0 Å². The number of nitrogens with one attached hydrogen (secondary N) is 1. The standard InChI is InChI=1S/C14H20N4O4/c1-14(2,3)22-13(21)16-9-7-18(8-9)11-4-5-15-10(17-11)6-12(19)20/h4-5,9H,6-8H2,1-3H3,(H,16,21)(H,19,20). The fraction of sp³-hybridized carbons (Fsp3) is 0.571. The Morgan fingerprint density at radius 3 is 2.73 bits per heavy atom. The van der Waals surface area contributed by atoms with Crippen molar-refractivity contribution < 1.29 is 19.4 Å². The van der Waals surface area contributed by atoms with Crippen molar-refractivity contribution in [3.05, 3.63) is 18.1 Å². The molecule has 0 saturated carbocycles. The lowest BCUT2D eigenvalue weighted by atomic mass is 10.1. The Bertz CT molecular complexity index is 564. The van der Waals surface area contributed by atoms with Gasteiger partial charge in [0.1, 0.15) is 23.7 Å². The van der Waals surface area contributed by atoms with Crippen LogP contribution in [0.1, 0.15) is 26.6 Å². The van der Waals surface area contributed by atoms with Crippen LogP contribution in [0.15, 0.2) is 12.3 Å². The van der Waals surface area contributed by atoms with Crippen molar-refractivity contribution in [2.24, 2.45) is 0 Å². The van der Waals surface area contributed by atoms with Crippen molar-refractivity contribution >= 4 is 17.9 Å². The Kier molecular flexibility index (Phi) is 4.48. The first-order valence-corrected chi connectivity index (χ1v) is 7.01. The summed E-state index contributed by atoms with van der Waals surface area (Å²) >= 11 is 0. The SMILES string of the molecule is CC(C)(C)OC(=O)NC1CN(c2ccnc(CC(=O)O)n2)C1. The van der Waals surface area contributed by atoms with Crippen LogP contribution in [-0.2, 0) is 16.0 Å². The van der Waals surface area contributed by atoms with E-state index in [0.29, 0.717) is 18.9 Å². The van der Waals surface area contributed by atoms with Gasteiger partial charge in [-0.2, -0.15) is 0 Å². The van der Waals surface area contributed by atoms with Crippen LogP contribution in [0.25, 0.3) is 0 Å². The summed E-state index contributed by atoms with van der Waals surface area (Å²) in [5.74, 6) is -0.0349. The topological polar surface area (TPSA) is 105 Å². The third-order valence-corrected chi connectivity index (χ3v) is 2.93. The second-order valence-electron chi connectivity index (χ2n) is 6.15. The lowest BCUT2D eigenvalue weighted by molar-refractivity contribution is -0.136. The maximum atomic E-state index is 11.6. The summed E-state index contributed by atoms with van der Waals surface area (Å²) in [5.41, 5.74) is -0.522. The van der Waals surface area contributed by atoms with Gasteiger partial charge in [0, 0.05) is 19.3 Å². The number of hydrogen-bond donors (Lipinski definition) is 2. The van der Waals surface area contributed by atoms with Crippen molar-refractivity contribution in [1.29, 1.82) is 0 Å². The first kappa shape index (κ1) is 16.0. The van der Waals surface area contributed by atoms with E-state index in [1.165, 1.54) is 6.20 Å². The minimum Gasteiger partial charge on any atom is -0.481 e. The zero-order chi connectivity index (χ0) is 16.3. The van der Waals surface area contributed by atoms with Crippen molar-refractivity contribution in [1.82, 2.24) is 15.3 Å². The molecule has 1 aromatic rings. The second-order valence-corrected chi connectivity index (χ2v) is 6.15. The maximum Gasteiger partial charge on any atom is 0.407 e. The summed E-state index contributed by atoms with van der Waals surface area (Å²) in [6.07, 6.45) is 0.891. The van der Waals surface area contributed by atoms with E-state index < -0.39 is 17.7 Å². The number of carbonyl (C=O) groups is 2. The molecule has 0 spiro atoms. The molecule has 1 aliphatic heterocycles. The number of carboxylic acids is 1. The molecule has 1 fully saturated rings. The number of nitrogens with zero attached hydrogens (tertiary/aromatic N) is 3. The van der Waals surface area contributed by atoms with Crippen LogP contribution in [0.5, 0.6) is 0 Å². The lowest BCUT2D eigenvalue weighted by Crippen LogP contribution is -2.60. The molecular weight excluding hydrogens is 288 g/mol. The molecule has 22 heavy (non-hydrogen) atoms. The molecule has 8 nitrogen and oxygen atoms in total. The van der Waals surface area contributed by atoms with Crippen molar-refractivity contribution in [2.45, 2.75) is 38.8 Å². The number of hydrogen-bond acceptors (Lipinski definition) is 6. The van der Waals surface area contributed by atoms with E-state index in [4.69, 9.17) is 9.84 Å². The number of aliphatic carboxylic acids is 1. The van der Waals surface area contributed by atoms with Crippen LogP contribution in [0.2, 0.25) is 0 Å². The number of alkyl carbamates (subject to hydrolysis) is 1. The Hall–Kier alpha value is -2.38. The van der Waals surface area contributed by atoms with Gasteiger partial charge in [-0.3, -0.25) is 4.79 Å². The third-order valence-electron chi connectivity index (χ3n) is 2.93. The largest absolute Gasteiger partial charge is 0.481 e. The zero-order valence-electron chi connectivity index (χ0n) is 12.9. The summed E-state index contributed by atoms with van der Waals surface area (Å²) in [4.78, 5) is 32.4. The monoisotopic (exact) mass is 308 g/mol. The molecule has 2 N–H and O–H groups in total. The Morgan fingerprint density at radius 2 is 2.14 bits per heavy atom. The van der Waals surface area contributed by atoms with Gasteiger partial charge < -0.3 is 20.1 Å². The van der Waals surface area contributed by atoms with Gasteiger partial charge in [0.15, 0.2) is 0 Å². The average molecular weight is 308 g/mol. The number of ether oxygens (including phenoxy) is 1. The summed E-state index contributed by atoms with van der Waals surface area (Å²) < 4.78 is 5.19. The normalized spacial score (nSPS) is 15.1. The molecule has 0 bridgehead atoms. The number of rotatable bonds is 4. The fourth-order valence-electron chi connectivity index (χ4n) is 2.02. The Morgan fingerprint density at radius 1 is 1.45 bits per heavy atom. The smallest absolute Gasteiger partial charge is 0.407 e. The fourth-order valence-corrected chi connectivity index (χ4v) is 2.02. The first-order chi connectivity index (χ1) is 10.2. The van der Waals surface area contributed by atoms with Gasteiger partial charge in [0.25, 0.3) is 0 Å². The molecule has 120 valence electrons. The van der Waals surface area contributed by atoms with E-state index in [9.17, 15) is 9.59 Å². The minimum atomic E-state index is -0.967. The highest BCUT2D eigenvalue weighted by Crippen LogP contribution is 2.18. The molecule has 1 aliphatic rings. The Labute approximate surface area is 128 Å². The molecule has 1 amide bonds. The van der Waals surface area contributed by atoms with Gasteiger partial charge >= 0.3 is 12.1 Å². The summed E-state index contributed by atoms with van der Waals surface area (Å²) in [6.45, 7) is 6.63. The number of carboxylic acid groups (broad SMARTS) is 1. The van der Waals surface area contributed by atoms with E-state index in [0.717, 1.165) is 0 Å². The van der Waals surface area contributed by atoms with Crippen LogP contribution in [-0.4, -0.2) is 51.9 Å². The van der Waals surface area contributed by atoms with Gasteiger partial charge in [-0.25, -0.2) is 14.8 Å². The van der Waals surface area contributed by atoms with Crippen LogP contribution in [0.4, 0.5) is 10.6 Å². The summed E-state index contributed by atoms with van der Waals surface area (Å²) in [7, 11) is 0. The predicted octanol–water partition coefficient (Wildman–Crippen LogP) is 0.817. The van der Waals surface area contributed by atoms with Crippen LogP contribution in [0.3, 0.4) is 0 Å². The number of carbonyl (C=O) groups excluding carboxylic acids is 1. The van der Waals surface area contributed by atoms with Crippen molar-refractivity contribution in [3.8, 4) is 0 Å². The van der Waals surface area contributed by atoms with Gasteiger partial charge in [0.05, 0.1) is 6.04 Å². The highest BCUT2D eigenvalue weighted by Gasteiger charge is 2.30. The van der Waals surface area contributed by atoms with E-state index in [1.54, 1.807) is 6.07 Å². The minimum absolute atomic E-state index is 0.00672. The van der Waals surface area contributed by atoms with Gasteiger partial charge in [-0.15, -0.1) is 0 Å². The van der Waals surface area contributed by atoms with Gasteiger partial charge in [0.2, 0.25) is 0 Å². The molecule has 2 rings (SSSR count). The first-order valence-electron chi connectivity index (χ1n) is 7.01. The highest BCUT2D eigenvalue weighted by molar-refractivity contribution is 5.69. The highest BCUT2D eigenvalue weighted by atomic mass is 16.6. The number of amides is 1. The molecular formula is C14H20N4O4. The predicted molar refractivity (Wildman–Crippen MR) is 78.7 cm³/mol. The quantitative estimate of drug-likeness (QED) is 0.848.